The first-order valence-electron chi connectivity index (χ1n) is 5.68. The molecule has 0 saturated carbocycles. The van der Waals surface area contributed by atoms with Crippen molar-refractivity contribution in [3.8, 4) is 0 Å². The summed E-state index contributed by atoms with van der Waals surface area (Å²) < 4.78 is 6.85. The normalized spacial score (nSPS) is 19.5. The molecule has 88 valence electrons. The van der Waals surface area contributed by atoms with Crippen LogP contribution in [-0.4, -0.2) is 24.3 Å². The van der Waals surface area contributed by atoms with Crippen LogP contribution in [0.2, 0.25) is 0 Å². The predicted molar refractivity (Wildman–Crippen MR) is 62.6 cm³/mol. The van der Waals surface area contributed by atoms with E-state index in [0.29, 0.717) is 13.2 Å². The Morgan fingerprint density at radius 3 is 3.12 bits per heavy atom. The number of methoxy groups -OCH3 is 1. The van der Waals surface area contributed by atoms with E-state index in [9.17, 15) is 4.79 Å². The van der Waals surface area contributed by atoms with E-state index in [-0.39, 0.29) is 11.6 Å². The van der Waals surface area contributed by atoms with Gasteiger partial charge in [-0.2, -0.15) is 0 Å². The van der Waals surface area contributed by atoms with Gasteiger partial charge in [0.25, 0.3) is 5.56 Å². The fourth-order valence-electron chi connectivity index (χ4n) is 2.28. The number of nitrogens with zero attached hydrogens (tertiary/aromatic N) is 1. The average Bonchev–Trinajstić information content (AvgIpc) is 2.28. The Morgan fingerprint density at radius 2 is 2.38 bits per heavy atom. The lowest BCUT2D eigenvalue weighted by atomic mass is 9.92. The van der Waals surface area contributed by atoms with Gasteiger partial charge in [0.05, 0.1) is 6.61 Å². The minimum Gasteiger partial charge on any atom is -0.383 e. The molecular formula is C12H18N2O2. The quantitative estimate of drug-likeness (QED) is 0.801. The van der Waals surface area contributed by atoms with Gasteiger partial charge in [0.15, 0.2) is 0 Å². The van der Waals surface area contributed by atoms with Gasteiger partial charge < -0.3 is 15.0 Å². The second-order valence-electron chi connectivity index (χ2n) is 4.29. The highest BCUT2D eigenvalue weighted by Gasteiger charge is 2.18. The van der Waals surface area contributed by atoms with Gasteiger partial charge in [0.2, 0.25) is 0 Å². The van der Waals surface area contributed by atoms with Gasteiger partial charge in [-0.1, -0.05) is 6.07 Å². The first-order valence-corrected chi connectivity index (χ1v) is 5.68. The number of fused-ring (bicyclic) bond motifs is 1. The molecule has 2 rings (SSSR count). The summed E-state index contributed by atoms with van der Waals surface area (Å²) in [6.45, 7) is 1.20. The van der Waals surface area contributed by atoms with E-state index in [1.165, 1.54) is 5.56 Å². The highest BCUT2D eigenvalue weighted by Crippen LogP contribution is 2.18. The number of aromatic nitrogens is 1. The molecule has 0 spiro atoms. The van der Waals surface area contributed by atoms with Crippen molar-refractivity contribution in [1.82, 2.24) is 4.57 Å². The lowest BCUT2D eigenvalue weighted by Crippen LogP contribution is -2.34. The van der Waals surface area contributed by atoms with Crippen LogP contribution in [-0.2, 0) is 24.1 Å². The van der Waals surface area contributed by atoms with Gasteiger partial charge in [-0.15, -0.1) is 0 Å². The molecule has 0 saturated heterocycles. The van der Waals surface area contributed by atoms with Crippen LogP contribution < -0.4 is 11.3 Å². The molecule has 0 amide bonds. The summed E-state index contributed by atoms with van der Waals surface area (Å²) in [5.74, 6) is 0. The van der Waals surface area contributed by atoms with Gasteiger partial charge in [0, 0.05) is 31.5 Å². The van der Waals surface area contributed by atoms with E-state index < -0.39 is 0 Å². The minimum atomic E-state index is 0.0614. The molecule has 1 aliphatic rings. The standard InChI is InChI=1S/C12H18N2O2/c1-16-7-6-14-11-4-3-10(13)8-9(11)2-5-12(14)15/h2,5,10H,3-4,6-8,13H2,1H3. The molecule has 1 atom stereocenters. The fourth-order valence-corrected chi connectivity index (χ4v) is 2.28. The zero-order chi connectivity index (χ0) is 11.5. The molecular weight excluding hydrogens is 204 g/mol. The van der Waals surface area contributed by atoms with Crippen molar-refractivity contribution >= 4 is 0 Å². The molecule has 1 aliphatic carbocycles. The van der Waals surface area contributed by atoms with E-state index in [1.54, 1.807) is 13.2 Å². The van der Waals surface area contributed by atoms with Gasteiger partial charge >= 0.3 is 0 Å². The molecule has 4 nitrogen and oxygen atoms in total. The Labute approximate surface area is 95.0 Å². The molecule has 0 fully saturated rings. The zero-order valence-electron chi connectivity index (χ0n) is 9.61. The van der Waals surface area contributed by atoms with E-state index >= 15 is 0 Å². The molecule has 16 heavy (non-hydrogen) atoms. The molecule has 2 N–H and O–H groups in total. The van der Waals surface area contributed by atoms with E-state index in [4.69, 9.17) is 10.5 Å². The second kappa shape index (κ2) is 4.80. The molecule has 1 heterocycles. The molecule has 0 aliphatic heterocycles. The van der Waals surface area contributed by atoms with Crippen LogP contribution in [0, 0.1) is 0 Å². The van der Waals surface area contributed by atoms with E-state index in [1.807, 2.05) is 10.6 Å². The summed E-state index contributed by atoms with van der Waals surface area (Å²) in [5.41, 5.74) is 8.35. The smallest absolute Gasteiger partial charge is 0.250 e. The van der Waals surface area contributed by atoms with Gasteiger partial charge in [-0.05, 0) is 24.8 Å². The zero-order valence-corrected chi connectivity index (χ0v) is 9.61. The predicted octanol–water partition coefficient (Wildman–Crippen LogP) is 0.311. The highest BCUT2D eigenvalue weighted by atomic mass is 16.5. The summed E-state index contributed by atoms with van der Waals surface area (Å²) in [4.78, 5) is 11.8. The number of pyridine rings is 1. The molecule has 1 unspecified atom stereocenters. The molecule has 0 radical (unpaired) electrons. The first-order chi connectivity index (χ1) is 7.72. The SMILES string of the molecule is COCCn1c2c(ccc1=O)CC(N)CC2. The minimum absolute atomic E-state index is 0.0614. The van der Waals surface area contributed by atoms with Crippen LogP contribution in [0.5, 0.6) is 0 Å². The van der Waals surface area contributed by atoms with Crippen molar-refractivity contribution in [2.45, 2.75) is 31.8 Å². The van der Waals surface area contributed by atoms with E-state index in [2.05, 4.69) is 0 Å². The van der Waals surface area contributed by atoms with Gasteiger partial charge in [-0.25, -0.2) is 0 Å². The van der Waals surface area contributed by atoms with Crippen molar-refractivity contribution in [1.29, 1.82) is 0 Å². The second-order valence-corrected chi connectivity index (χ2v) is 4.29. The van der Waals surface area contributed by atoms with Crippen LogP contribution in [0.25, 0.3) is 0 Å². The van der Waals surface area contributed by atoms with Crippen LogP contribution in [0.3, 0.4) is 0 Å². The third kappa shape index (κ3) is 2.18. The Balaban J connectivity index is 2.35. The number of rotatable bonds is 3. The Kier molecular flexibility index (Phi) is 3.41. The maximum Gasteiger partial charge on any atom is 0.250 e. The van der Waals surface area contributed by atoms with Crippen LogP contribution in [0.1, 0.15) is 17.7 Å². The lowest BCUT2D eigenvalue weighted by molar-refractivity contribution is 0.185. The first kappa shape index (κ1) is 11.4. The molecule has 1 aromatic rings. The summed E-state index contributed by atoms with van der Waals surface area (Å²) in [5, 5.41) is 0. The number of hydrogen-bond donors (Lipinski definition) is 1. The Hall–Kier alpha value is -1.13. The van der Waals surface area contributed by atoms with Crippen molar-refractivity contribution in [3.05, 3.63) is 33.7 Å². The van der Waals surface area contributed by atoms with Crippen molar-refractivity contribution in [2.75, 3.05) is 13.7 Å². The summed E-state index contributed by atoms with van der Waals surface area (Å²) >= 11 is 0. The molecule has 4 heteroatoms. The maximum atomic E-state index is 11.8. The van der Waals surface area contributed by atoms with Gasteiger partial charge in [0.1, 0.15) is 0 Å². The average molecular weight is 222 g/mol. The van der Waals surface area contributed by atoms with Crippen molar-refractivity contribution < 1.29 is 4.74 Å². The summed E-state index contributed by atoms with van der Waals surface area (Å²) in [7, 11) is 1.65. The number of hydrogen-bond acceptors (Lipinski definition) is 3. The fraction of sp³-hybridized carbons (Fsp3) is 0.583. The molecule has 0 aromatic carbocycles. The maximum absolute atomic E-state index is 11.8. The summed E-state index contributed by atoms with van der Waals surface area (Å²) in [6, 6.07) is 3.79. The Morgan fingerprint density at radius 1 is 1.56 bits per heavy atom. The monoisotopic (exact) mass is 222 g/mol. The summed E-state index contributed by atoms with van der Waals surface area (Å²) in [6.07, 6.45) is 2.74. The van der Waals surface area contributed by atoms with E-state index in [0.717, 1.165) is 25.0 Å². The molecule has 1 aromatic heterocycles. The lowest BCUT2D eigenvalue weighted by Gasteiger charge is -2.24. The topological polar surface area (TPSA) is 57.2 Å². The Bertz CT molecular complexity index is 426. The third-order valence-corrected chi connectivity index (χ3v) is 3.14. The van der Waals surface area contributed by atoms with Crippen molar-refractivity contribution in [3.63, 3.8) is 0 Å². The number of nitrogens with two attached hydrogens (primary N) is 1. The largest absolute Gasteiger partial charge is 0.383 e. The molecule has 0 bridgehead atoms. The van der Waals surface area contributed by atoms with Gasteiger partial charge in [-0.3, -0.25) is 4.79 Å². The number of ether oxygens (including phenoxy) is 1. The third-order valence-electron chi connectivity index (χ3n) is 3.14. The highest BCUT2D eigenvalue weighted by molar-refractivity contribution is 5.25. The van der Waals surface area contributed by atoms with Crippen LogP contribution >= 0.6 is 0 Å². The van der Waals surface area contributed by atoms with Crippen molar-refractivity contribution in [2.24, 2.45) is 5.73 Å². The van der Waals surface area contributed by atoms with Crippen LogP contribution in [0.4, 0.5) is 0 Å². The van der Waals surface area contributed by atoms with Crippen LogP contribution in [0.15, 0.2) is 16.9 Å².